The number of nitrogens with one attached hydrogen (secondary N) is 1. The van der Waals surface area contributed by atoms with Crippen LogP contribution in [0.4, 0.5) is 0 Å². The summed E-state index contributed by atoms with van der Waals surface area (Å²) in [6.45, 7) is 2.49. The molecule has 0 aliphatic carbocycles. The Labute approximate surface area is 164 Å². The van der Waals surface area contributed by atoms with Crippen LogP contribution in [0.3, 0.4) is 0 Å². The van der Waals surface area contributed by atoms with Crippen LogP contribution in [0.2, 0.25) is 10.0 Å². The molecule has 0 spiro atoms. The third kappa shape index (κ3) is 3.00. The molecule has 2 aromatic heterocycles. The predicted octanol–water partition coefficient (Wildman–Crippen LogP) is 5.50. The SMILES string of the molecule is CCn1c(SCc2ccc(Cl)cc2Cl)nc2c([nH]c3ccccc32)c1=O. The number of benzene rings is 2. The van der Waals surface area contributed by atoms with Crippen LogP contribution in [0.1, 0.15) is 12.5 Å². The van der Waals surface area contributed by atoms with E-state index in [2.05, 4.69) is 4.98 Å². The number of aromatic amines is 1. The molecular weight excluding hydrogens is 389 g/mol. The number of halogens is 2. The Morgan fingerprint density at radius 3 is 2.77 bits per heavy atom. The monoisotopic (exact) mass is 403 g/mol. The number of rotatable bonds is 4. The van der Waals surface area contributed by atoms with E-state index in [0.717, 1.165) is 16.5 Å². The van der Waals surface area contributed by atoms with Crippen molar-refractivity contribution in [1.82, 2.24) is 14.5 Å². The van der Waals surface area contributed by atoms with Crippen LogP contribution in [-0.4, -0.2) is 14.5 Å². The molecular formula is C19H15Cl2N3OS. The van der Waals surface area contributed by atoms with Crippen molar-refractivity contribution in [2.45, 2.75) is 24.4 Å². The lowest BCUT2D eigenvalue weighted by atomic mass is 10.2. The highest BCUT2D eigenvalue weighted by atomic mass is 35.5. The smallest absolute Gasteiger partial charge is 0.278 e. The van der Waals surface area contributed by atoms with E-state index >= 15 is 0 Å². The van der Waals surface area contributed by atoms with Gasteiger partial charge in [0.05, 0.1) is 0 Å². The van der Waals surface area contributed by atoms with Crippen LogP contribution in [0, 0.1) is 0 Å². The number of nitrogens with zero attached hydrogens (tertiary/aromatic N) is 2. The second-order valence-corrected chi connectivity index (χ2v) is 7.65. The van der Waals surface area contributed by atoms with Crippen LogP contribution in [0.5, 0.6) is 0 Å². The first-order valence-corrected chi connectivity index (χ1v) is 9.90. The first-order valence-electron chi connectivity index (χ1n) is 8.16. The van der Waals surface area contributed by atoms with E-state index in [1.54, 1.807) is 10.6 Å². The molecule has 2 heterocycles. The maximum atomic E-state index is 12.9. The lowest BCUT2D eigenvalue weighted by Crippen LogP contribution is -2.22. The van der Waals surface area contributed by atoms with Crippen molar-refractivity contribution in [2.75, 3.05) is 0 Å². The van der Waals surface area contributed by atoms with Gasteiger partial charge in [0, 0.05) is 33.2 Å². The molecule has 0 amide bonds. The van der Waals surface area contributed by atoms with Gasteiger partial charge in [-0.25, -0.2) is 4.98 Å². The van der Waals surface area contributed by atoms with Crippen molar-refractivity contribution in [3.05, 3.63) is 68.4 Å². The molecule has 4 rings (SSSR count). The minimum Gasteiger partial charge on any atom is -0.349 e. The van der Waals surface area contributed by atoms with Gasteiger partial charge in [-0.2, -0.15) is 0 Å². The van der Waals surface area contributed by atoms with Gasteiger partial charge in [0.1, 0.15) is 11.0 Å². The van der Waals surface area contributed by atoms with Crippen LogP contribution in [-0.2, 0) is 12.3 Å². The molecule has 0 aliphatic heterocycles. The summed E-state index contributed by atoms with van der Waals surface area (Å²) >= 11 is 13.7. The largest absolute Gasteiger partial charge is 0.349 e. The summed E-state index contributed by atoms with van der Waals surface area (Å²) in [5.41, 5.74) is 3.06. The molecule has 0 saturated carbocycles. The normalized spacial score (nSPS) is 11.5. The van der Waals surface area contributed by atoms with E-state index in [1.807, 2.05) is 43.3 Å². The van der Waals surface area contributed by atoms with Crippen molar-refractivity contribution in [1.29, 1.82) is 0 Å². The van der Waals surface area contributed by atoms with Crippen molar-refractivity contribution in [3.8, 4) is 0 Å². The summed E-state index contributed by atoms with van der Waals surface area (Å²) in [7, 11) is 0. The van der Waals surface area contributed by atoms with Gasteiger partial charge in [-0.05, 0) is 30.7 Å². The average molecular weight is 404 g/mol. The summed E-state index contributed by atoms with van der Waals surface area (Å²) in [4.78, 5) is 20.9. The van der Waals surface area contributed by atoms with Crippen LogP contribution < -0.4 is 5.56 Å². The summed E-state index contributed by atoms with van der Waals surface area (Å²) in [6.07, 6.45) is 0. The molecule has 1 N–H and O–H groups in total. The van der Waals surface area contributed by atoms with E-state index in [0.29, 0.717) is 38.5 Å². The summed E-state index contributed by atoms with van der Waals surface area (Å²) < 4.78 is 1.69. The van der Waals surface area contributed by atoms with Gasteiger partial charge in [-0.3, -0.25) is 9.36 Å². The van der Waals surface area contributed by atoms with Gasteiger partial charge in [0.25, 0.3) is 5.56 Å². The van der Waals surface area contributed by atoms with Crippen LogP contribution in [0.25, 0.3) is 21.9 Å². The minimum atomic E-state index is -0.0570. The number of fused-ring (bicyclic) bond motifs is 3. The maximum absolute atomic E-state index is 12.9. The Balaban J connectivity index is 1.80. The predicted molar refractivity (Wildman–Crippen MR) is 110 cm³/mol. The highest BCUT2D eigenvalue weighted by molar-refractivity contribution is 7.98. The summed E-state index contributed by atoms with van der Waals surface area (Å²) in [6, 6.07) is 13.2. The molecule has 7 heteroatoms. The first-order chi connectivity index (χ1) is 12.6. The molecule has 0 unspecified atom stereocenters. The highest BCUT2D eigenvalue weighted by Crippen LogP contribution is 2.29. The molecule has 0 atom stereocenters. The Hall–Kier alpha value is -1.95. The Bertz CT molecular complexity index is 1180. The molecule has 4 nitrogen and oxygen atoms in total. The third-order valence-corrected chi connectivity index (χ3v) is 5.88. The van der Waals surface area contributed by atoms with E-state index in [1.165, 1.54) is 11.8 Å². The first kappa shape index (κ1) is 17.5. The van der Waals surface area contributed by atoms with E-state index in [4.69, 9.17) is 28.2 Å². The maximum Gasteiger partial charge on any atom is 0.278 e. The molecule has 4 aromatic rings. The van der Waals surface area contributed by atoms with Gasteiger partial charge in [-0.15, -0.1) is 0 Å². The van der Waals surface area contributed by atoms with Crippen LogP contribution >= 0.6 is 35.0 Å². The molecule has 0 radical (unpaired) electrons. The standard InChI is InChI=1S/C19H15Cl2N3OS/c1-2-24-18(25)17-16(13-5-3-4-6-15(13)22-17)23-19(24)26-10-11-7-8-12(20)9-14(11)21/h3-9,22H,2,10H2,1H3. The molecule has 0 saturated heterocycles. The second-order valence-electron chi connectivity index (χ2n) is 5.86. The Morgan fingerprint density at radius 1 is 1.19 bits per heavy atom. The Morgan fingerprint density at radius 2 is 2.00 bits per heavy atom. The van der Waals surface area contributed by atoms with E-state index < -0.39 is 0 Å². The fraction of sp³-hybridized carbons (Fsp3) is 0.158. The van der Waals surface area contributed by atoms with Crippen molar-refractivity contribution < 1.29 is 0 Å². The molecule has 2 aromatic carbocycles. The van der Waals surface area contributed by atoms with Crippen LogP contribution in [0.15, 0.2) is 52.4 Å². The zero-order chi connectivity index (χ0) is 18.3. The zero-order valence-electron chi connectivity index (χ0n) is 13.9. The van der Waals surface area contributed by atoms with Gasteiger partial charge < -0.3 is 4.98 Å². The van der Waals surface area contributed by atoms with Crippen molar-refractivity contribution in [3.63, 3.8) is 0 Å². The van der Waals surface area contributed by atoms with Gasteiger partial charge in [0.15, 0.2) is 5.16 Å². The van der Waals surface area contributed by atoms with E-state index in [-0.39, 0.29) is 5.56 Å². The third-order valence-electron chi connectivity index (χ3n) is 4.26. The van der Waals surface area contributed by atoms with Gasteiger partial charge >= 0.3 is 0 Å². The number of aromatic nitrogens is 3. The van der Waals surface area contributed by atoms with Crippen molar-refractivity contribution in [2.24, 2.45) is 0 Å². The Kier molecular flexibility index (Phi) is 4.69. The number of hydrogen-bond donors (Lipinski definition) is 1. The zero-order valence-corrected chi connectivity index (χ0v) is 16.3. The number of hydrogen-bond acceptors (Lipinski definition) is 3. The van der Waals surface area contributed by atoms with E-state index in [9.17, 15) is 4.79 Å². The number of thioether (sulfide) groups is 1. The highest BCUT2D eigenvalue weighted by Gasteiger charge is 2.15. The minimum absolute atomic E-state index is 0.0570. The summed E-state index contributed by atoms with van der Waals surface area (Å²) in [5, 5.41) is 2.85. The second kappa shape index (κ2) is 6.99. The fourth-order valence-electron chi connectivity index (χ4n) is 2.95. The van der Waals surface area contributed by atoms with Gasteiger partial charge in [-0.1, -0.05) is 59.2 Å². The summed E-state index contributed by atoms with van der Waals surface area (Å²) in [5.74, 6) is 0.607. The topological polar surface area (TPSA) is 50.7 Å². The number of para-hydroxylation sites is 1. The number of H-pyrrole nitrogens is 1. The molecule has 0 bridgehead atoms. The lowest BCUT2D eigenvalue weighted by molar-refractivity contribution is 0.634. The molecule has 26 heavy (non-hydrogen) atoms. The lowest BCUT2D eigenvalue weighted by Gasteiger charge is -2.10. The molecule has 0 fully saturated rings. The average Bonchev–Trinajstić information content (AvgIpc) is 3.00. The quantitative estimate of drug-likeness (QED) is 0.361. The molecule has 0 aliphatic rings. The molecule has 132 valence electrons. The fourth-order valence-corrected chi connectivity index (χ4v) is 4.56. The van der Waals surface area contributed by atoms with Crippen molar-refractivity contribution >= 4 is 56.9 Å². The van der Waals surface area contributed by atoms with Gasteiger partial charge in [0.2, 0.25) is 0 Å².